The van der Waals surface area contributed by atoms with E-state index in [2.05, 4.69) is 5.09 Å². The number of carbonyl (C=O) groups excluding carboxylic acids is 3. The van der Waals surface area contributed by atoms with Gasteiger partial charge in [0.05, 0.1) is 19.1 Å². The first-order valence-corrected chi connectivity index (χ1v) is 12.9. The number of esters is 1. The molecule has 1 aromatic rings. The molecule has 0 saturated carbocycles. The molecule has 1 saturated heterocycles. The Kier molecular flexibility index (Phi) is 8.68. The van der Waals surface area contributed by atoms with Gasteiger partial charge in [0.1, 0.15) is 24.0 Å². The predicted octanol–water partition coefficient (Wildman–Crippen LogP) is 2.25. The summed E-state index contributed by atoms with van der Waals surface area (Å²) in [6.45, 7) is 5.14. The van der Waals surface area contributed by atoms with E-state index >= 15 is 4.39 Å². The first-order valence-electron chi connectivity index (χ1n) is 11.3. The fraction of sp³-hybridized carbons (Fsp3) is 0.522. The molecule has 198 valence electrons. The number of para-hydroxylation sites is 1. The number of nitrogens with one attached hydrogen (secondary N) is 1. The van der Waals surface area contributed by atoms with Crippen LogP contribution in [-0.2, 0) is 32.9 Å². The van der Waals surface area contributed by atoms with Crippen molar-refractivity contribution in [2.24, 2.45) is 0 Å². The van der Waals surface area contributed by atoms with E-state index in [1.807, 2.05) is 0 Å². The molecule has 11 nitrogen and oxygen atoms in total. The third-order valence-electron chi connectivity index (χ3n) is 5.44. The van der Waals surface area contributed by atoms with Crippen molar-refractivity contribution in [3.05, 3.63) is 42.6 Å². The molecule has 0 aromatic heterocycles. The molecule has 2 N–H and O–H groups in total. The van der Waals surface area contributed by atoms with Gasteiger partial charge in [-0.15, -0.1) is 0 Å². The average molecular weight is 528 g/mol. The monoisotopic (exact) mass is 528 g/mol. The molecule has 3 rings (SSSR count). The number of amides is 1. The summed E-state index contributed by atoms with van der Waals surface area (Å²) in [7, 11) is -4.29. The number of ketones is 1. The van der Waals surface area contributed by atoms with Gasteiger partial charge in [-0.1, -0.05) is 18.2 Å². The van der Waals surface area contributed by atoms with Crippen LogP contribution >= 0.6 is 7.75 Å². The number of halogens is 1. The Hall–Kier alpha value is -2.63. The summed E-state index contributed by atoms with van der Waals surface area (Å²) in [4.78, 5) is 36.9. The van der Waals surface area contributed by atoms with Crippen LogP contribution in [0.1, 0.15) is 34.1 Å². The van der Waals surface area contributed by atoms with E-state index in [1.165, 1.54) is 19.1 Å². The lowest BCUT2D eigenvalue weighted by Gasteiger charge is -2.32. The Balaban J connectivity index is 1.76. The maximum Gasteiger partial charge on any atom is 0.459 e. The minimum atomic E-state index is -4.29. The zero-order valence-electron chi connectivity index (χ0n) is 20.3. The SMILES string of the molecule is CC(C)OC(=O)[C@H](C)NP(=O)(OC[C@H]1O[C@@H](N2C=CC(=O)CC2=O)[C@](C)(F)[C@@H]1O)Oc1ccccc1. The van der Waals surface area contributed by atoms with E-state index in [0.29, 0.717) is 0 Å². The van der Waals surface area contributed by atoms with E-state index < -0.39 is 74.7 Å². The lowest BCUT2D eigenvalue weighted by atomic mass is 9.97. The maximum absolute atomic E-state index is 15.5. The quantitative estimate of drug-likeness (QED) is 0.264. The molecule has 1 fully saturated rings. The van der Waals surface area contributed by atoms with Crippen LogP contribution in [0.2, 0.25) is 0 Å². The lowest BCUT2D eigenvalue weighted by Crippen LogP contribution is -2.51. The molecule has 0 aliphatic carbocycles. The van der Waals surface area contributed by atoms with E-state index in [4.69, 9.17) is 18.5 Å². The van der Waals surface area contributed by atoms with Crippen LogP contribution in [0, 0.1) is 0 Å². The van der Waals surface area contributed by atoms with Crippen LogP contribution in [0.25, 0.3) is 0 Å². The largest absolute Gasteiger partial charge is 0.462 e. The smallest absolute Gasteiger partial charge is 0.459 e. The Labute approximate surface area is 208 Å². The molecule has 36 heavy (non-hydrogen) atoms. The summed E-state index contributed by atoms with van der Waals surface area (Å²) in [6, 6.07) is 6.90. The van der Waals surface area contributed by atoms with Crippen molar-refractivity contribution in [2.45, 2.75) is 70.4 Å². The maximum atomic E-state index is 15.5. The Morgan fingerprint density at radius 3 is 2.58 bits per heavy atom. The number of nitrogens with zero attached hydrogens (tertiary/aromatic N) is 1. The molecular weight excluding hydrogens is 498 g/mol. The molecule has 0 bridgehead atoms. The van der Waals surface area contributed by atoms with Gasteiger partial charge in [0.2, 0.25) is 5.91 Å². The van der Waals surface area contributed by atoms with Gasteiger partial charge in [-0.05, 0) is 45.9 Å². The van der Waals surface area contributed by atoms with Crippen molar-refractivity contribution in [1.29, 1.82) is 0 Å². The second-order valence-corrected chi connectivity index (χ2v) is 10.6. The van der Waals surface area contributed by atoms with E-state index in [-0.39, 0.29) is 5.75 Å². The minimum Gasteiger partial charge on any atom is -0.462 e. The van der Waals surface area contributed by atoms with E-state index in [9.17, 15) is 24.1 Å². The van der Waals surface area contributed by atoms with Crippen LogP contribution < -0.4 is 9.61 Å². The Morgan fingerprint density at radius 1 is 1.31 bits per heavy atom. The van der Waals surface area contributed by atoms with Crippen LogP contribution in [0.5, 0.6) is 5.75 Å². The van der Waals surface area contributed by atoms with E-state index in [0.717, 1.165) is 24.1 Å². The van der Waals surface area contributed by atoms with Crippen LogP contribution in [-0.4, -0.2) is 70.5 Å². The van der Waals surface area contributed by atoms with Gasteiger partial charge >= 0.3 is 13.7 Å². The highest BCUT2D eigenvalue weighted by molar-refractivity contribution is 7.52. The van der Waals surface area contributed by atoms with Crippen LogP contribution in [0.15, 0.2) is 42.6 Å². The Morgan fingerprint density at radius 2 is 1.97 bits per heavy atom. The standard InChI is InChI=1S/C23H30FN2O9P/c1-14(2)33-21(30)15(3)25-36(31,35-17-8-6-5-7-9-17)32-13-18-20(29)23(4,24)22(34-18)26-11-10-16(27)12-19(26)28/h5-11,14-15,18,20,22,29H,12-13H2,1-4H3,(H,25,31)/t15-,18+,20+,22+,23+,36?/m0/s1. The number of carbonyl (C=O) groups is 3. The zero-order valence-corrected chi connectivity index (χ0v) is 21.2. The highest BCUT2D eigenvalue weighted by Crippen LogP contribution is 2.46. The van der Waals surface area contributed by atoms with Gasteiger partial charge in [-0.2, -0.15) is 5.09 Å². The van der Waals surface area contributed by atoms with Crippen molar-refractivity contribution < 1.29 is 47.0 Å². The lowest BCUT2D eigenvalue weighted by molar-refractivity contribution is -0.150. The summed E-state index contributed by atoms with van der Waals surface area (Å²) in [5.74, 6) is -1.68. The molecule has 2 heterocycles. The number of aliphatic hydroxyl groups is 1. The summed E-state index contributed by atoms with van der Waals surface area (Å²) in [6.07, 6.45) is -3.37. The summed E-state index contributed by atoms with van der Waals surface area (Å²) in [5, 5.41) is 13.1. The number of aliphatic hydroxyl groups excluding tert-OH is 1. The van der Waals surface area contributed by atoms with Crippen molar-refractivity contribution >= 4 is 25.4 Å². The zero-order chi connectivity index (χ0) is 26.7. The summed E-state index contributed by atoms with van der Waals surface area (Å²) in [5.41, 5.74) is -2.44. The van der Waals surface area contributed by atoms with Crippen molar-refractivity contribution in [3.63, 3.8) is 0 Å². The third kappa shape index (κ3) is 6.57. The molecule has 13 heteroatoms. The van der Waals surface area contributed by atoms with Gasteiger partial charge in [-0.3, -0.25) is 23.8 Å². The topological polar surface area (TPSA) is 141 Å². The predicted molar refractivity (Wildman–Crippen MR) is 124 cm³/mol. The van der Waals surface area contributed by atoms with Gasteiger partial charge in [0.25, 0.3) is 0 Å². The minimum absolute atomic E-state index is 0.160. The number of alkyl halides is 1. The number of ether oxygens (including phenoxy) is 2. The second kappa shape index (κ2) is 11.2. The number of allylic oxidation sites excluding steroid dienone is 1. The first kappa shape index (κ1) is 27.9. The van der Waals surface area contributed by atoms with Gasteiger partial charge in [0, 0.05) is 6.20 Å². The third-order valence-corrected chi connectivity index (χ3v) is 7.08. The summed E-state index contributed by atoms with van der Waals surface area (Å²) < 4.78 is 50.7. The van der Waals surface area contributed by atoms with Crippen molar-refractivity contribution in [2.75, 3.05) is 6.61 Å². The summed E-state index contributed by atoms with van der Waals surface area (Å²) >= 11 is 0. The first-order chi connectivity index (χ1) is 16.8. The number of hydrogen-bond acceptors (Lipinski definition) is 9. The molecule has 1 amide bonds. The molecule has 2 aliphatic rings. The van der Waals surface area contributed by atoms with E-state index in [1.54, 1.807) is 32.0 Å². The molecular formula is C23H30FN2O9P. The highest BCUT2D eigenvalue weighted by Gasteiger charge is 2.57. The fourth-order valence-electron chi connectivity index (χ4n) is 3.61. The van der Waals surface area contributed by atoms with Crippen LogP contribution in [0.3, 0.4) is 0 Å². The van der Waals surface area contributed by atoms with Crippen molar-refractivity contribution in [3.8, 4) is 5.75 Å². The number of benzene rings is 1. The number of hydrogen-bond donors (Lipinski definition) is 2. The van der Waals surface area contributed by atoms with Gasteiger partial charge < -0.3 is 19.1 Å². The normalized spacial score (nSPS) is 28.8. The molecule has 2 aliphatic heterocycles. The Bertz CT molecular complexity index is 1050. The highest BCUT2D eigenvalue weighted by atomic mass is 31.2. The van der Waals surface area contributed by atoms with Gasteiger partial charge in [-0.25, -0.2) is 8.96 Å². The average Bonchev–Trinajstić information content (AvgIpc) is 3.01. The molecule has 6 atom stereocenters. The fourth-order valence-corrected chi connectivity index (χ4v) is 5.11. The molecule has 1 aromatic carbocycles. The number of rotatable bonds is 10. The second-order valence-electron chi connectivity index (χ2n) is 8.92. The van der Waals surface area contributed by atoms with Gasteiger partial charge in [0.15, 0.2) is 17.7 Å². The molecule has 0 spiro atoms. The molecule has 0 radical (unpaired) electrons. The molecule has 1 unspecified atom stereocenters. The van der Waals surface area contributed by atoms with Crippen LogP contribution in [0.4, 0.5) is 4.39 Å². The van der Waals surface area contributed by atoms with Crippen molar-refractivity contribution in [1.82, 2.24) is 9.99 Å².